The molecule has 1 N–H and O–H groups in total. The van der Waals surface area contributed by atoms with Gasteiger partial charge in [-0.25, -0.2) is 12.8 Å². The molecule has 41 heavy (non-hydrogen) atoms. The minimum atomic E-state index is -4.29. The second kappa shape index (κ2) is 14.0. The van der Waals surface area contributed by atoms with Gasteiger partial charge in [0.1, 0.15) is 29.9 Å². The molecule has 2 amide bonds. The highest BCUT2D eigenvalue weighted by atomic mass is 32.2. The van der Waals surface area contributed by atoms with Crippen molar-refractivity contribution in [2.24, 2.45) is 0 Å². The number of hydrogen-bond acceptors (Lipinski definition) is 6. The van der Waals surface area contributed by atoms with Crippen LogP contribution in [0, 0.1) is 5.82 Å². The average molecular weight is 586 g/mol. The van der Waals surface area contributed by atoms with E-state index in [2.05, 4.69) is 5.32 Å². The molecule has 9 nitrogen and oxygen atoms in total. The number of rotatable bonds is 13. The Hall–Kier alpha value is -4.12. The molecule has 0 fully saturated rings. The molecular weight excluding hydrogens is 549 g/mol. The van der Waals surface area contributed by atoms with Crippen molar-refractivity contribution in [2.45, 2.75) is 50.7 Å². The lowest BCUT2D eigenvalue weighted by Crippen LogP contribution is -2.53. The lowest BCUT2D eigenvalue weighted by Gasteiger charge is -2.34. The molecule has 0 aliphatic carbocycles. The van der Waals surface area contributed by atoms with E-state index in [1.807, 2.05) is 0 Å². The zero-order chi connectivity index (χ0) is 30.2. The summed E-state index contributed by atoms with van der Waals surface area (Å²) in [6, 6.07) is 16.8. The number of sulfonamides is 1. The first kappa shape index (κ1) is 31.4. The first-order valence-electron chi connectivity index (χ1n) is 13.2. The molecule has 220 valence electrons. The zero-order valence-electron chi connectivity index (χ0n) is 23.8. The predicted octanol–water partition coefficient (Wildman–Crippen LogP) is 4.37. The third-order valence-electron chi connectivity index (χ3n) is 6.35. The smallest absolute Gasteiger partial charge is 0.264 e. The highest BCUT2D eigenvalue weighted by Crippen LogP contribution is 2.36. The Morgan fingerprint density at radius 3 is 2.17 bits per heavy atom. The fourth-order valence-corrected chi connectivity index (χ4v) is 5.75. The van der Waals surface area contributed by atoms with Crippen LogP contribution in [0.2, 0.25) is 0 Å². The predicted molar refractivity (Wildman–Crippen MR) is 155 cm³/mol. The molecule has 0 saturated heterocycles. The lowest BCUT2D eigenvalue weighted by atomic mass is 10.1. The molecule has 0 unspecified atom stereocenters. The maximum absolute atomic E-state index is 14.1. The van der Waals surface area contributed by atoms with Crippen LogP contribution < -0.4 is 19.1 Å². The summed E-state index contributed by atoms with van der Waals surface area (Å²) in [6.45, 7) is 4.68. The van der Waals surface area contributed by atoms with Gasteiger partial charge < -0.3 is 19.7 Å². The summed E-state index contributed by atoms with van der Waals surface area (Å²) < 4.78 is 53.4. The molecule has 0 radical (unpaired) electrons. The van der Waals surface area contributed by atoms with Gasteiger partial charge in [0.15, 0.2) is 0 Å². The number of benzene rings is 3. The zero-order valence-corrected chi connectivity index (χ0v) is 24.7. The Morgan fingerprint density at radius 2 is 1.61 bits per heavy atom. The Kier molecular flexibility index (Phi) is 10.7. The van der Waals surface area contributed by atoms with E-state index in [9.17, 15) is 22.4 Å². The first-order valence-corrected chi connectivity index (χ1v) is 14.6. The van der Waals surface area contributed by atoms with Crippen LogP contribution in [-0.2, 0) is 26.2 Å². The summed E-state index contributed by atoms with van der Waals surface area (Å²) in [5.74, 6) is -0.902. The van der Waals surface area contributed by atoms with Gasteiger partial charge >= 0.3 is 0 Å². The number of anilines is 1. The molecule has 0 aliphatic rings. The Morgan fingerprint density at radius 1 is 0.951 bits per heavy atom. The van der Waals surface area contributed by atoms with E-state index in [4.69, 9.17) is 9.47 Å². The van der Waals surface area contributed by atoms with Crippen LogP contribution in [0.1, 0.15) is 32.8 Å². The number of nitrogens with zero attached hydrogens (tertiary/aromatic N) is 2. The number of methoxy groups -OCH3 is 2. The number of hydrogen-bond donors (Lipinski definition) is 1. The van der Waals surface area contributed by atoms with Gasteiger partial charge in [-0.1, -0.05) is 37.3 Å². The van der Waals surface area contributed by atoms with Crippen LogP contribution in [0.3, 0.4) is 0 Å². The van der Waals surface area contributed by atoms with Gasteiger partial charge in [0.05, 0.1) is 24.8 Å². The monoisotopic (exact) mass is 585 g/mol. The number of ether oxygens (including phenoxy) is 2. The van der Waals surface area contributed by atoms with Crippen LogP contribution in [-0.4, -0.2) is 58.0 Å². The largest absolute Gasteiger partial charge is 0.497 e. The summed E-state index contributed by atoms with van der Waals surface area (Å²) in [4.78, 5) is 28.6. The maximum atomic E-state index is 14.1. The molecule has 0 aromatic heterocycles. The van der Waals surface area contributed by atoms with Crippen LogP contribution in [0.15, 0.2) is 77.7 Å². The number of carbonyl (C=O) groups excluding carboxylic acids is 2. The molecule has 3 aromatic carbocycles. The van der Waals surface area contributed by atoms with Crippen molar-refractivity contribution in [1.29, 1.82) is 0 Å². The lowest BCUT2D eigenvalue weighted by molar-refractivity contribution is -0.140. The van der Waals surface area contributed by atoms with E-state index < -0.39 is 34.3 Å². The van der Waals surface area contributed by atoms with Crippen molar-refractivity contribution in [2.75, 3.05) is 25.1 Å². The Bertz CT molecular complexity index is 1430. The molecule has 11 heteroatoms. The molecule has 3 aromatic rings. The van der Waals surface area contributed by atoms with Crippen LogP contribution in [0.5, 0.6) is 11.5 Å². The number of amides is 2. The molecule has 0 heterocycles. The normalized spacial score (nSPS) is 12.0. The van der Waals surface area contributed by atoms with Crippen molar-refractivity contribution in [3.8, 4) is 11.5 Å². The van der Waals surface area contributed by atoms with Crippen molar-refractivity contribution in [3.63, 3.8) is 0 Å². The highest BCUT2D eigenvalue weighted by Gasteiger charge is 2.35. The van der Waals surface area contributed by atoms with Gasteiger partial charge in [-0.05, 0) is 62.2 Å². The standard InChI is InChI=1S/C30H36FN3O6S/c1-6-26(30(36)32-21(2)3)33(19-22-12-14-23(31)15-13-22)29(35)20-34(41(37,38)25-10-8-7-9-11-25)27-18-24(39-4)16-17-28(27)40-5/h7-18,21,26H,6,19-20H2,1-5H3,(H,32,36)/t26-/m0/s1. The van der Waals surface area contributed by atoms with Crippen molar-refractivity contribution >= 4 is 27.5 Å². The van der Waals surface area contributed by atoms with Crippen molar-refractivity contribution in [3.05, 3.63) is 84.2 Å². The molecule has 0 bridgehead atoms. The summed E-state index contributed by atoms with van der Waals surface area (Å²) in [7, 11) is -1.46. The van der Waals surface area contributed by atoms with E-state index in [-0.39, 0.29) is 41.2 Å². The third kappa shape index (κ3) is 7.75. The maximum Gasteiger partial charge on any atom is 0.264 e. The van der Waals surface area contributed by atoms with Gasteiger partial charge in [0.2, 0.25) is 11.8 Å². The average Bonchev–Trinajstić information content (AvgIpc) is 2.96. The van der Waals surface area contributed by atoms with E-state index in [0.29, 0.717) is 11.3 Å². The van der Waals surface area contributed by atoms with Crippen LogP contribution in [0.4, 0.5) is 10.1 Å². The minimum Gasteiger partial charge on any atom is -0.497 e. The second-order valence-electron chi connectivity index (χ2n) is 9.60. The minimum absolute atomic E-state index is 0.0349. The Labute approximate surface area is 240 Å². The highest BCUT2D eigenvalue weighted by molar-refractivity contribution is 7.92. The van der Waals surface area contributed by atoms with Gasteiger partial charge in [0, 0.05) is 18.7 Å². The van der Waals surface area contributed by atoms with Crippen molar-refractivity contribution < 1.29 is 31.9 Å². The van der Waals surface area contributed by atoms with E-state index in [0.717, 1.165) is 4.31 Å². The summed E-state index contributed by atoms with van der Waals surface area (Å²) >= 11 is 0. The summed E-state index contributed by atoms with van der Waals surface area (Å²) in [5.41, 5.74) is 0.664. The topological polar surface area (TPSA) is 105 Å². The van der Waals surface area contributed by atoms with E-state index >= 15 is 0 Å². The van der Waals surface area contributed by atoms with Crippen LogP contribution in [0.25, 0.3) is 0 Å². The van der Waals surface area contributed by atoms with Gasteiger partial charge in [-0.2, -0.15) is 0 Å². The van der Waals surface area contributed by atoms with Gasteiger partial charge in [0.25, 0.3) is 10.0 Å². The number of halogens is 1. The Balaban J connectivity index is 2.13. The van der Waals surface area contributed by atoms with E-state index in [1.165, 1.54) is 61.6 Å². The first-order chi connectivity index (χ1) is 19.5. The molecule has 0 aliphatic heterocycles. The quantitative estimate of drug-likeness (QED) is 0.320. The van der Waals surface area contributed by atoms with Crippen molar-refractivity contribution in [1.82, 2.24) is 10.2 Å². The SMILES string of the molecule is CC[C@@H](C(=O)NC(C)C)N(Cc1ccc(F)cc1)C(=O)CN(c1cc(OC)ccc1OC)S(=O)(=O)c1ccccc1. The summed E-state index contributed by atoms with van der Waals surface area (Å²) in [6.07, 6.45) is 0.263. The molecule has 0 saturated carbocycles. The molecular formula is C30H36FN3O6S. The molecule has 3 rings (SSSR count). The van der Waals surface area contributed by atoms with E-state index in [1.54, 1.807) is 51.1 Å². The fourth-order valence-electron chi connectivity index (χ4n) is 4.31. The third-order valence-corrected chi connectivity index (χ3v) is 8.12. The number of carbonyl (C=O) groups is 2. The second-order valence-corrected chi connectivity index (χ2v) is 11.5. The number of nitrogens with one attached hydrogen (secondary N) is 1. The van der Waals surface area contributed by atoms with Crippen LogP contribution >= 0.6 is 0 Å². The summed E-state index contributed by atoms with van der Waals surface area (Å²) in [5, 5.41) is 2.84. The van der Waals surface area contributed by atoms with Gasteiger partial charge in [-0.15, -0.1) is 0 Å². The van der Waals surface area contributed by atoms with Gasteiger partial charge in [-0.3, -0.25) is 13.9 Å². The fraction of sp³-hybridized carbons (Fsp3) is 0.333. The molecule has 0 spiro atoms. The molecule has 1 atom stereocenters.